The lowest BCUT2D eigenvalue weighted by molar-refractivity contribution is 1.23. The fourth-order valence-corrected chi connectivity index (χ4v) is 2.69. The van der Waals surface area contributed by atoms with Crippen molar-refractivity contribution in [3.8, 4) is 0 Å². The summed E-state index contributed by atoms with van der Waals surface area (Å²) in [4.78, 5) is 27.0. The third-order valence-electron chi connectivity index (χ3n) is 4.27. The minimum Gasteiger partial charge on any atom is -0.288 e. The normalized spacial score (nSPS) is 11.2. The second-order valence-electron chi connectivity index (χ2n) is 5.75. The van der Waals surface area contributed by atoms with Crippen LogP contribution >= 0.6 is 0 Å². The average molecular weight is 279 g/mol. The summed E-state index contributed by atoms with van der Waals surface area (Å²) in [7, 11) is 0. The van der Waals surface area contributed by atoms with E-state index >= 15 is 0 Å². The van der Waals surface area contributed by atoms with Gasteiger partial charge in [-0.3, -0.25) is 14.6 Å². The SMILES string of the molecule is Cc1cc2c(=O)[nH]c(=O)c3cc(C)c(C)cc3c2cc1C. The molecule has 1 N–H and O–H groups in total. The summed E-state index contributed by atoms with van der Waals surface area (Å²) in [5, 5.41) is 2.79. The van der Waals surface area contributed by atoms with Crippen LogP contribution in [-0.4, -0.2) is 4.98 Å². The van der Waals surface area contributed by atoms with Crippen molar-refractivity contribution in [3.05, 3.63) is 67.2 Å². The monoisotopic (exact) mass is 279 g/mol. The Bertz CT molecular complexity index is 932. The van der Waals surface area contributed by atoms with Crippen LogP contribution in [0, 0.1) is 27.7 Å². The van der Waals surface area contributed by atoms with E-state index in [-0.39, 0.29) is 11.1 Å². The molecule has 3 rings (SSSR count). The van der Waals surface area contributed by atoms with Crippen molar-refractivity contribution in [2.45, 2.75) is 27.7 Å². The summed E-state index contributed by atoms with van der Waals surface area (Å²) >= 11 is 0. The van der Waals surface area contributed by atoms with Gasteiger partial charge in [-0.15, -0.1) is 0 Å². The van der Waals surface area contributed by atoms with Crippen LogP contribution in [0.25, 0.3) is 21.5 Å². The van der Waals surface area contributed by atoms with Crippen LogP contribution in [0.2, 0.25) is 0 Å². The third-order valence-corrected chi connectivity index (χ3v) is 4.27. The number of rotatable bonds is 0. The molecule has 2 aromatic carbocycles. The van der Waals surface area contributed by atoms with E-state index in [9.17, 15) is 9.59 Å². The highest BCUT2D eigenvalue weighted by molar-refractivity contribution is 6.06. The first-order valence-corrected chi connectivity index (χ1v) is 6.97. The Kier molecular flexibility index (Phi) is 2.94. The van der Waals surface area contributed by atoms with E-state index < -0.39 is 0 Å². The van der Waals surface area contributed by atoms with Crippen molar-refractivity contribution < 1.29 is 0 Å². The molecule has 1 heterocycles. The quantitative estimate of drug-likeness (QED) is 0.686. The molecule has 106 valence electrons. The largest absolute Gasteiger partial charge is 0.288 e. The lowest BCUT2D eigenvalue weighted by atomic mass is 9.98. The molecule has 3 aromatic rings. The second-order valence-corrected chi connectivity index (χ2v) is 5.75. The van der Waals surface area contributed by atoms with E-state index in [0.717, 1.165) is 33.0 Å². The first-order chi connectivity index (χ1) is 9.88. The number of hydrogen-bond donors (Lipinski definition) is 1. The zero-order chi connectivity index (χ0) is 15.3. The molecule has 0 saturated carbocycles. The fourth-order valence-electron chi connectivity index (χ4n) is 2.69. The lowest BCUT2D eigenvalue weighted by Crippen LogP contribution is -2.14. The highest BCUT2D eigenvalue weighted by Gasteiger charge is 2.09. The molecule has 0 aliphatic heterocycles. The molecular weight excluding hydrogens is 262 g/mol. The van der Waals surface area contributed by atoms with Gasteiger partial charge in [0.2, 0.25) is 0 Å². The Balaban J connectivity index is 2.76. The predicted octanol–water partition coefficient (Wildman–Crippen LogP) is 3.28. The van der Waals surface area contributed by atoms with Gasteiger partial charge in [-0.1, -0.05) is 12.1 Å². The lowest BCUT2D eigenvalue weighted by Gasteiger charge is -2.05. The summed E-state index contributed by atoms with van der Waals surface area (Å²) in [5.74, 6) is 0. The van der Waals surface area contributed by atoms with Crippen molar-refractivity contribution in [3.63, 3.8) is 0 Å². The molecule has 3 heteroatoms. The predicted molar refractivity (Wildman–Crippen MR) is 87.3 cm³/mol. The molecule has 0 atom stereocenters. The molecule has 0 fully saturated rings. The molecule has 0 aliphatic rings. The maximum absolute atomic E-state index is 12.3. The number of hydrogen-bond acceptors (Lipinski definition) is 2. The fraction of sp³-hybridized carbons (Fsp3) is 0.222. The Morgan fingerprint density at radius 3 is 1.19 bits per heavy atom. The van der Waals surface area contributed by atoms with Crippen LogP contribution in [0.4, 0.5) is 0 Å². The molecule has 1 aromatic heterocycles. The van der Waals surface area contributed by atoms with Gasteiger partial charge in [0.05, 0.1) is 0 Å². The molecule has 21 heavy (non-hydrogen) atoms. The molecular formula is C18H17NO2. The first kappa shape index (κ1) is 13.6. The molecule has 0 radical (unpaired) electrons. The standard InChI is InChI=1S/C18H17NO2/c1-9-5-13-14-6-10(2)12(4)8-16(14)18(21)19-17(20)15(13)7-11(9)3/h5-8H,1-4H3,(H,19,20,21). The van der Waals surface area contributed by atoms with Crippen LogP contribution in [0.3, 0.4) is 0 Å². The maximum Gasteiger partial charge on any atom is 0.258 e. The molecule has 0 bridgehead atoms. The number of benzene rings is 2. The van der Waals surface area contributed by atoms with Gasteiger partial charge >= 0.3 is 0 Å². The molecule has 0 spiro atoms. The summed E-state index contributed by atoms with van der Waals surface area (Å²) in [6.07, 6.45) is 0. The van der Waals surface area contributed by atoms with Crippen molar-refractivity contribution in [2.75, 3.05) is 0 Å². The van der Waals surface area contributed by atoms with Crippen molar-refractivity contribution in [1.82, 2.24) is 4.98 Å². The molecule has 3 nitrogen and oxygen atoms in total. The topological polar surface area (TPSA) is 49.9 Å². The molecule has 0 saturated heterocycles. The highest BCUT2D eigenvalue weighted by Crippen LogP contribution is 2.25. The smallest absolute Gasteiger partial charge is 0.258 e. The summed E-state index contributed by atoms with van der Waals surface area (Å²) < 4.78 is 0. The van der Waals surface area contributed by atoms with Crippen LogP contribution in [0.5, 0.6) is 0 Å². The zero-order valence-electron chi connectivity index (χ0n) is 12.6. The van der Waals surface area contributed by atoms with Crippen molar-refractivity contribution >= 4 is 21.5 Å². The number of aromatic amines is 1. The number of H-pyrrole nitrogens is 1. The van der Waals surface area contributed by atoms with Crippen LogP contribution in [-0.2, 0) is 0 Å². The zero-order valence-corrected chi connectivity index (χ0v) is 12.6. The van der Waals surface area contributed by atoms with Gasteiger partial charge in [0.25, 0.3) is 11.1 Å². The first-order valence-electron chi connectivity index (χ1n) is 6.97. The second kappa shape index (κ2) is 4.55. The van der Waals surface area contributed by atoms with Gasteiger partial charge in [-0.05, 0) is 72.9 Å². The minimum atomic E-state index is -0.329. The van der Waals surface area contributed by atoms with Crippen LogP contribution in [0.15, 0.2) is 33.9 Å². The van der Waals surface area contributed by atoms with E-state index in [1.165, 1.54) is 0 Å². The Morgan fingerprint density at radius 1 is 0.571 bits per heavy atom. The van der Waals surface area contributed by atoms with Crippen molar-refractivity contribution in [2.24, 2.45) is 0 Å². The Labute approximate surface area is 122 Å². The van der Waals surface area contributed by atoms with Gasteiger partial charge < -0.3 is 0 Å². The maximum atomic E-state index is 12.3. The summed E-state index contributed by atoms with van der Waals surface area (Å²) in [6.45, 7) is 7.97. The van der Waals surface area contributed by atoms with Gasteiger partial charge in [-0.2, -0.15) is 0 Å². The van der Waals surface area contributed by atoms with Gasteiger partial charge in [0.15, 0.2) is 0 Å². The van der Waals surface area contributed by atoms with E-state index in [1.807, 2.05) is 52.0 Å². The Hall–Kier alpha value is -2.42. The van der Waals surface area contributed by atoms with Crippen molar-refractivity contribution in [1.29, 1.82) is 0 Å². The van der Waals surface area contributed by atoms with Crippen LogP contribution < -0.4 is 11.1 Å². The molecule has 0 amide bonds. The number of fused-ring (bicyclic) bond motifs is 3. The number of nitrogens with one attached hydrogen (secondary N) is 1. The number of aromatic nitrogens is 1. The van der Waals surface area contributed by atoms with Crippen LogP contribution in [0.1, 0.15) is 22.3 Å². The average Bonchev–Trinajstić information content (AvgIpc) is 2.51. The van der Waals surface area contributed by atoms with Gasteiger partial charge in [0, 0.05) is 10.8 Å². The third kappa shape index (κ3) is 2.05. The van der Waals surface area contributed by atoms with Gasteiger partial charge in [0.1, 0.15) is 0 Å². The van der Waals surface area contributed by atoms with Gasteiger partial charge in [-0.25, -0.2) is 0 Å². The molecule has 0 unspecified atom stereocenters. The minimum absolute atomic E-state index is 0.329. The molecule has 0 aliphatic carbocycles. The van der Waals surface area contributed by atoms with E-state index in [4.69, 9.17) is 0 Å². The number of aryl methyl sites for hydroxylation is 4. The summed E-state index contributed by atoms with van der Waals surface area (Å²) in [5.41, 5.74) is 3.65. The van der Waals surface area contributed by atoms with E-state index in [2.05, 4.69) is 4.98 Å². The summed E-state index contributed by atoms with van der Waals surface area (Å²) in [6, 6.07) is 7.71. The Morgan fingerprint density at radius 2 is 0.857 bits per heavy atom. The highest BCUT2D eigenvalue weighted by atomic mass is 16.2. The van der Waals surface area contributed by atoms with E-state index in [0.29, 0.717) is 10.8 Å². The van der Waals surface area contributed by atoms with E-state index in [1.54, 1.807) is 0 Å².